The van der Waals surface area contributed by atoms with Crippen LogP contribution in [0.25, 0.3) is 11.0 Å². The number of aliphatic hydroxyl groups excluding tert-OH is 1. The molecule has 0 radical (unpaired) electrons. The molecule has 0 unspecified atom stereocenters. The fourth-order valence-corrected chi connectivity index (χ4v) is 3.88. The minimum absolute atomic E-state index is 0.0504. The predicted molar refractivity (Wildman–Crippen MR) is 114 cm³/mol. The van der Waals surface area contributed by atoms with Crippen molar-refractivity contribution in [2.45, 2.75) is 18.9 Å². The Morgan fingerprint density at radius 1 is 1.17 bits per heavy atom. The molecule has 2 atom stereocenters. The smallest absolute Gasteiger partial charge is 0.254 e. The predicted octanol–water partition coefficient (Wildman–Crippen LogP) is 2.03. The maximum atomic E-state index is 13.0. The standard InChI is InChI=1S/C23H26N4O3/c24-8-3-11-30-19-5-1-4-17(13-19)23(29)27-14-18(21(28)15-27)12-16-7-10-25-20-6-2-9-26-22(16)20/h1-2,4-7,9-10,13,18,21,28H,3,8,11-12,14-15,24H2/t18-,21+/m0/s1. The number of aliphatic hydroxyl groups is 1. The van der Waals surface area contributed by atoms with Gasteiger partial charge < -0.3 is 20.5 Å². The SMILES string of the molecule is NCCCOc1cccc(C(=O)N2C[C@H](Cc3ccnc4cccnc34)[C@H](O)C2)c1. The number of ether oxygens (including phenoxy) is 1. The van der Waals surface area contributed by atoms with E-state index in [1.165, 1.54) is 0 Å². The summed E-state index contributed by atoms with van der Waals surface area (Å²) in [5, 5.41) is 10.6. The van der Waals surface area contributed by atoms with Gasteiger partial charge in [-0.3, -0.25) is 14.8 Å². The number of hydrogen-bond donors (Lipinski definition) is 2. The minimum atomic E-state index is -0.579. The number of likely N-dealkylation sites (tertiary alicyclic amines) is 1. The Kier molecular flexibility index (Phi) is 6.21. The van der Waals surface area contributed by atoms with Crippen LogP contribution in [0, 0.1) is 5.92 Å². The van der Waals surface area contributed by atoms with Gasteiger partial charge in [-0.05, 0) is 61.3 Å². The summed E-state index contributed by atoms with van der Waals surface area (Å²) in [5.74, 6) is 0.504. The Morgan fingerprint density at radius 2 is 2.07 bits per heavy atom. The molecule has 1 fully saturated rings. The summed E-state index contributed by atoms with van der Waals surface area (Å²) in [4.78, 5) is 23.5. The molecule has 3 N–H and O–H groups in total. The normalized spacial score (nSPS) is 18.7. The van der Waals surface area contributed by atoms with Crippen molar-refractivity contribution in [3.8, 4) is 5.75 Å². The van der Waals surface area contributed by atoms with Crippen LogP contribution in [-0.2, 0) is 6.42 Å². The molecule has 7 heteroatoms. The van der Waals surface area contributed by atoms with Crippen LogP contribution < -0.4 is 10.5 Å². The third kappa shape index (κ3) is 4.42. The Balaban J connectivity index is 1.45. The molecule has 1 aliphatic rings. The van der Waals surface area contributed by atoms with E-state index in [4.69, 9.17) is 10.5 Å². The highest BCUT2D eigenvalue weighted by Crippen LogP contribution is 2.26. The summed E-state index contributed by atoms with van der Waals surface area (Å²) in [5.41, 5.74) is 8.77. The van der Waals surface area contributed by atoms with Crippen molar-refractivity contribution in [2.24, 2.45) is 11.7 Å². The van der Waals surface area contributed by atoms with E-state index in [0.717, 1.165) is 23.0 Å². The minimum Gasteiger partial charge on any atom is -0.494 e. The number of fused-ring (bicyclic) bond motifs is 1. The first-order valence-electron chi connectivity index (χ1n) is 10.2. The molecule has 0 saturated carbocycles. The third-order valence-corrected chi connectivity index (χ3v) is 5.45. The van der Waals surface area contributed by atoms with Crippen LogP contribution in [0.3, 0.4) is 0 Å². The Labute approximate surface area is 175 Å². The Bertz CT molecular complexity index is 1020. The Morgan fingerprint density at radius 3 is 2.93 bits per heavy atom. The number of carbonyl (C=O) groups is 1. The van der Waals surface area contributed by atoms with Crippen LogP contribution in [0.2, 0.25) is 0 Å². The molecule has 1 aromatic carbocycles. The zero-order chi connectivity index (χ0) is 20.9. The molecule has 3 aromatic rings. The van der Waals surface area contributed by atoms with E-state index in [-0.39, 0.29) is 11.8 Å². The van der Waals surface area contributed by atoms with Gasteiger partial charge in [-0.25, -0.2) is 0 Å². The lowest BCUT2D eigenvalue weighted by molar-refractivity contribution is 0.0764. The second-order valence-electron chi connectivity index (χ2n) is 7.60. The van der Waals surface area contributed by atoms with Crippen molar-refractivity contribution in [1.82, 2.24) is 14.9 Å². The number of rotatable bonds is 7. The molecule has 0 bridgehead atoms. The lowest BCUT2D eigenvalue weighted by Gasteiger charge is -2.17. The highest BCUT2D eigenvalue weighted by Gasteiger charge is 2.34. The highest BCUT2D eigenvalue weighted by molar-refractivity contribution is 5.94. The lowest BCUT2D eigenvalue weighted by Crippen LogP contribution is -2.29. The lowest BCUT2D eigenvalue weighted by atomic mass is 9.96. The maximum Gasteiger partial charge on any atom is 0.254 e. The first-order valence-corrected chi connectivity index (χ1v) is 10.2. The van der Waals surface area contributed by atoms with Gasteiger partial charge >= 0.3 is 0 Å². The van der Waals surface area contributed by atoms with Gasteiger partial charge in [-0.15, -0.1) is 0 Å². The number of benzene rings is 1. The number of β-amino-alcohol motifs (C(OH)–C–C–N with tert-alkyl or cyclic N) is 1. The topological polar surface area (TPSA) is 102 Å². The highest BCUT2D eigenvalue weighted by atomic mass is 16.5. The Hall–Kier alpha value is -3.03. The zero-order valence-electron chi connectivity index (χ0n) is 16.8. The first kappa shape index (κ1) is 20.3. The number of pyridine rings is 2. The van der Waals surface area contributed by atoms with Crippen molar-refractivity contribution >= 4 is 16.9 Å². The number of hydrogen-bond acceptors (Lipinski definition) is 6. The molecule has 30 heavy (non-hydrogen) atoms. The third-order valence-electron chi connectivity index (χ3n) is 5.45. The van der Waals surface area contributed by atoms with Gasteiger partial charge in [0.1, 0.15) is 5.75 Å². The number of nitrogens with two attached hydrogens (primary N) is 1. The van der Waals surface area contributed by atoms with E-state index in [9.17, 15) is 9.90 Å². The number of amides is 1. The summed E-state index contributed by atoms with van der Waals surface area (Å²) in [6, 6.07) is 12.9. The van der Waals surface area contributed by atoms with E-state index in [2.05, 4.69) is 9.97 Å². The van der Waals surface area contributed by atoms with Crippen LogP contribution in [0.1, 0.15) is 22.3 Å². The van der Waals surface area contributed by atoms with Crippen molar-refractivity contribution in [3.05, 3.63) is 66.0 Å². The zero-order valence-corrected chi connectivity index (χ0v) is 16.8. The molecular weight excluding hydrogens is 380 g/mol. The fourth-order valence-electron chi connectivity index (χ4n) is 3.88. The van der Waals surface area contributed by atoms with E-state index < -0.39 is 6.10 Å². The quantitative estimate of drug-likeness (QED) is 0.582. The molecule has 156 valence electrons. The summed E-state index contributed by atoms with van der Waals surface area (Å²) in [7, 11) is 0. The van der Waals surface area contributed by atoms with Crippen LogP contribution in [0.15, 0.2) is 54.9 Å². The van der Waals surface area contributed by atoms with Gasteiger partial charge in [0.15, 0.2) is 0 Å². The van der Waals surface area contributed by atoms with Gasteiger partial charge in [0.2, 0.25) is 0 Å². The molecule has 4 rings (SSSR count). The van der Waals surface area contributed by atoms with Crippen molar-refractivity contribution in [3.63, 3.8) is 0 Å². The average Bonchev–Trinajstić information content (AvgIpc) is 3.14. The second kappa shape index (κ2) is 9.19. The first-order chi connectivity index (χ1) is 14.7. The van der Waals surface area contributed by atoms with Gasteiger partial charge in [-0.1, -0.05) is 6.07 Å². The largest absolute Gasteiger partial charge is 0.494 e. The molecule has 1 aliphatic heterocycles. The van der Waals surface area contributed by atoms with E-state index in [1.54, 1.807) is 29.4 Å². The molecule has 0 spiro atoms. The summed E-state index contributed by atoms with van der Waals surface area (Å²) >= 11 is 0. The van der Waals surface area contributed by atoms with Gasteiger partial charge in [0, 0.05) is 37.0 Å². The van der Waals surface area contributed by atoms with E-state index >= 15 is 0 Å². The molecule has 7 nitrogen and oxygen atoms in total. The van der Waals surface area contributed by atoms with Gasteiger partial charge in [-0.2, -0.15) is 0 Å². The molecule has 2 aromatic heterocycles. The monoisotopic (exact) mass is 406 g/mol. The molecule has 3 heterocycles. The average molecular weight is 406 g/mol. The van der Waals surface area contributed by atoms with Crippen LogP contribution in [0.4, 0.5) is 0 Å². The van der Waals surface area contributed by atoms with Gasteiger partial charge in [0.05, 0.1) is 23.7 Å². The maximum absolute atomic E-state index is 13.0. The van der Waals surface area contributed by atoms with Crippen LogP contribution in [0.5, 0.6) is 5.75 Å². The molecule has 0 aliphatic carbocycles. The molecule has 1 saturated heterocycles. The fraction of sp³-hybridized carbons (Fsp3) is 0.348. The van der Waals surface area contributed by atoms with Crippen molar-refractivity contribution in [2.75, 3.05) is 26.2 Å². The molecule has 1 amide bonds. The number of aromatic nitrogens is 2. The van der Waals surface area contributed by atoms with E-state index in [0.29, 0.717) is 44.0 Å². The summed E-state index contributed by atoms with van der Waals surface area (Å²) in [6.45, 7) is 1.90. The van der Waals surface area contributed by atoms with Crippen LogP contribution >= 0.6 is 0 Å². The number of nitrogens with zero attached hydrogens (tertiary/aromatic N) is 3. The number of carbonyl (C=O) groups excluding carboxylic acids is 1. The van der Waals surface area contributed by atoms with Gasteiger partial charge in [0.25, 0.3) is 5.91 Å². The van der Waals surface area contributed by atoms with E-state index in [1.807, 2.05) is 30.3 Å². The van der Waals surface area contributed by atoms with Crippen LogP contribution in [-0.4, -0.2) is 58.2 Å². The molecular formula is C23H26N4O3. The van der Waals surface area contributed by atoms with Crippen molar-refractivity contribution < 1.29 is 14.6 Å². The summed E-state index contributed by atoms with van der Waals surface area (Å²) in [6.07, 6.45) is 4.33. The van der Waals surface area contributed by atoms with Crippen molar-refractivity contribution in [1.29, 1.82) is 0 Å². The second-order valence-corrected chi connectivity index (χ2v) is 7.60. The summed E-state index contributed by atoms with van der Waals surface area (Å²) < 4.78 is 5.65.